The van der Waals surface area contributed by atoms with E-state index in [1.807, 2.05) is 30.3 Å². The van der Waals surface area contributed by atoms with Crippen LogP contribution in [0.2, 0.25) is 0 Å². The van der Waals surface area contributed by atoms with Crippen LogP contribution >= 0.6 is 0 Å². The predicted molar refractivity (Wildman–Crippen MR) is 76.8 cm³/mol. The third-order valence-electron chi connectivity index (χ3n) is 2.65. The van der Waals surface area contributed by atoms with Crippen molar-refractivity contribution in [1.82, 2.24) is 0 Å². The van der Waals surface area contributed by atoms with E-state index in [4.69, 9.17) is 20.9 Å². The normalized spacial score (nSPS) is 10.0. The summed E-state index contributed by atoms with van der Waals surface area (Å²) in [5.41, 5.74) is 11.4. The summed E-state index contributed by atoms with van der Waals surface area (Å²) in [4.78, 5) is 11.2. The van der Waals surface area contributed by atoms with E-state index in [1.165, 1.54) is 6.07 Å². The maximum Gasteiger partial charge on any atom is 0.250 e. The molecule has 2 aromatic carbocycles. The van der Waals surface area contributed by atoms with Crippen molar-refractivity contribution in [2.75, 3.05) is 18.9 Å². The van der Waals surface area contributed by atoms with Gasteiger partial charge in [0.25, 0.3) is 5.91 Å². The highest BCUT2D eigenvalue weighted by atomic mass is 16.5. The van der Waals surface area contributed by atoms with Crippen LogP contribution in [0.4, 0.5) is 5.69 Å². The fourth-order valence-electron chi connectivity index (χ4n) is 1.67. The van der Waals surface area contributed by atoms with E-state index >= 15 is 0 Å². The Kier molecular flexibility index (Phi) is 4.44. The summed E-state index contributed by atoms with van der Waals surface area (Å²) in [6.45, 7) is 0.761. The number of carbonyl (C=O) groups excluding carboxylic acids is 1. The minimum atomic E-state index is -0.575. The summed E-state index contributed by atoms with van der Waals surface area (Å²) in [6.07, 6.45) is 0. The maximum atomic E-state index is 11.2. The molecule has 0 atom stereocenters. The number of anilines is 1. The zero-order valence-electron chi connectivity index (χ0n) is 10.9. The van der Waals surface area contributed by atoms with Crippen molar-refractivity contribution >= 4 is 11.6 Å². The lowest BCUT2D eigenvalue weighted by Gasteiger charge is -2.09. The second kappa shape index (κ2) is 6.47. The first-order valence-corrected chi connectivity index (χ1v) is 6.17. The average Bonchev–Trinajstić information content (AvgIpc) is 2.46. The zero-order chi connectivity index (χ0) is 14.4. The Morgan fingerprint density at radius 3 is 2.25 bits per heavy atom. The number of ether oxygens (including phenoxy) is 2. The minimum absolute atomic E-state index is 0.256. The molecule has 2 aromatic rings. The molecule has 0 fully saturated rings. The fraction of sp³-hybridized carbons (Fsp3) is 0.133. The van der Waals surface area contributed by atoms with Crippen LogP contribution in [0.3, 0.4) is 0 Å². The topological polar surface area (TPSA) is 87.6 Å². The van der Waals surface area contributed by atoms with Gasteiger partial charge in [0.1, 0.15) is 24.7 Å². The Hall–Kier alpha value is -2.69. The van der Waals surface area contributed by atoms with Crippen LogP contribution < -0.4 is 20.9 Å². The molecule has 0 spiro atoms. The molecule has 0 aliphatic carbocycles. The van der Waals surface area contributed by atoms with Crippen molar-refractivity contribution in [3.05, 3.63) is 54.1 Å². The van der Waals surface area contributed by atoms with E-state index in [-0.39, 0.29) is 5.56 Å². The molecule has 5 heteroatoms. The van der Waals surface area contributed by atoms with E-state index in [9.17, 15) is 4.79 Å². The third kappa shape index (κ3) is 3.65. The summed E-state index contributed by atoms with van der Waals surface area (Å²) in [7, 11) is 0. The van der Waals surface area contributed by atoms with Gasteiger partial charge < -0.3 is 20.9 Å². The number of primary amides is 1. The predicted octanol–water partition coefficient (Wildman–Crippen LogP) is 1.83. The molecule has 0 aromatic heterocycles. The van der Waals surface area contributed by atoms with Crippen LogP contribution in [0.5, 0.6) is 11.5 Å². The number of hydrogen-bond acceptors (Lipinski definition) is 4. The molecule has 0 unspecified atom stereocenters. The number of nitrogen functional groups attached to an aromatic ring is 1. The first-order chi connectivity index (χ1) is 9.66. The number of para-hydroxylation sites is 1. The molecule has 0 heterocycles. The van der Waals surface area contributed by atoms with Crippen molar-refractivity contribution in [3.8, 4) is 11.5 Å². The van der Waals surface area contributed by atoms with Gasteiger partial charge in [-0.1, -0.05) is 18.2 Å². The molecule has 0 saturated carbocycles. The summed E-state index contributed by atoms with van der Waals surface area (Å²) in [5, 5.41) is 0. The van der Waals surface area contributed by atoms with Gasteiger partial charge in [-0.2, -0.15) is 0 Å². The number of amides is 1. The molecule has 20 heavy (non-hydrogen) atoms. The second-order valence-corrected chi connectivity index (χ2v) is 4.12. The van der Waals surface area contributed by atoms with Gasteiger partial charge in [0.15, 0.2) is 0 Å². The smallest absolute Gasteiger partial charge is 0.250 e. The monoisotopic (exact) mass is 272 g/mol. The lowest BCUT2D eigenvalue weighted by molar-refractivity contribution is 0.100. The van der Waals surface area contributed by atoms with E-state index in [2.05, 4.69) is 0 Å². The quantitative estimate of drug-likeness (QED) is 0.620. The first kappa shape index (κ1) is 13.7. The first-order valence-electron chi connectivity index (χ1n) is 6.17. The molecule has 0 bridgehead atoms. The number of rotatable bonds is 6. The van der Waals surface area contributed by atoms with Gasteiger partial charge in [-0.25, -0.2) is 0 Å². The minimum Gasteiger partial charge on any atom is -0.490 e. The SMILES string of the molecule is NC(=O)c1cc(OCCOc2ccccc2)ccc1N. The number of nitrogens with two attached hydrogens (primary N) is 2. The zero-order valence-corrected chi connectivity index (χ0v) is 10.9. The highest BCUT2D eigenvalue weighted by Crippen LogP contribution is 2.19. The Morgan fingerprint density at radius 1 is 0.950 bits per heavy atom. The number of benzene rings is 2. The lowest BCUT2D eigenvalue weighted by atomic mass is 10.1. The molecule has 0 saturated heterocycles. The molecule has 0 aliphatic heterocycles. The van der Waals surface area contributed by atoms with Crippen LogP contribution in [0.15, 0.2) is 48.5 Å². The summed E-state index contributed by atoms with van der Waals surface area (Å²) in [6, 6.07) is 14.3. The van der Waals surface area contributed by atoms with Crippen LogP contribution in [0, 0.1) is 0 Å². The molecule has 5 nitrogen and oxygen atoms in total. The molecular weight excluding hydrogens is 256 g/mol. The van der Waals surface area contributed by atoms with Crippen molar-refractivity contribution < 1.29 is 14.3 Å². The summed E-state index contributed by atoms with van der Waals surface area (Å²) < 4.78 is 11.0. The van der Waals surface area contributed by atoms with Crippen LogP contribution in [0.25, 0.3) is 0 Å². The van der Waals surface area contributed by atoms with E-state index in [0.717, 1.165) is 5.75 Å². The van der Waals surface area contributed by atoms with Gasteiger partial charge in [-0.15, -0.1) is 0 Å². The Balaban J connectivity index is 1.85. The van der Waals surface area contributed by atoms with Crippen LogP contribution in [-0.4, -0.2) is 19.1 Å². The second-order valence-electron chi connectivity index (χ2n) is 4.12. The van der Waals surface area contributed by atoms with Gasteiger partial charge in [0.2, 0.25) is 0 Å². The van der Waals surface area contributed by atoms with Gasteiger partial charge in [0, 0.05) is 5.69 Å². The number of hydrogen-bond donors (Lipinski definition) is 2. The van der Waals surface area contributed by atoms with Crippen molar-refractivity contribution in [2.24, 2.45) is 5.73 Å². The summed E-state index contributed by atoms with van der Waals surface area (Å²) in [5.74, 6) is 0.740. The molecular formula is C15H16N2O3. The van der Waals surface area contributed by atoms with E-state index < -0.39 is 5.91 Å². The molecule has 0 aliphatic rings. The standard InChI is InChI=1S/C15H16N2O3/c16-14-7-6-12(10-13(14)15(17)18)20-9-8-19-11-4-2-1-3-5-11/h1-7,10H,8-9,16H2,(H2,17,18). The van der Waals surface area contributed by atoms with Gasteiger partial charge in [0.05, 0.1) is 5.56 Å². The van der Waals surface area contributed by atoms with Crippen molar-refractivity contribution in [2.45, 2.75) is 0 Å². The van der Waals surface area contributed by atoms with Gasteiger partial charge in [-0.05, 0) is 30.3 Å². The van der Waals surface area contributed by atoms with E-state index in [1.54, 1.807) is 12.1 Å². The fourth-order valence-corrected chi connectivity index (χ4v) is 1.67. The maximum absolute atomic E-state index is 11.2. The Morgan fingerprint density at radius 2 is 1.60 bits per heavy atom. The van der Waals surface area contributed by atoms with Gasteiger partial charge >= 0.3 is 0 Å². The van der Waals surface area contributed by atoms with Gasteiger partial charge in [-0.3, -0.25) is 4.79 Å². The Labute approximate surface area is 117 Å². The van der Waals surface area contributed by atoms with Crippen LogP contribution in [-0.2, 0) is 0 Å². The molecule has 2 rings (SSSR count). The van der Waals surface area contributed by atoms with Crippen molar-refractivity contribution in [3.63, 3.8) is 0 Å². The molecule has 104 valence electrons. The average molecular weight is 272 g/mol. The van der Waals surface area contributed by atoms with Crippen molar-refractivity contribution in [1.29, 1.82) is 0 Å². The molecule has 0 radical (unpaired) electrons. The Bertz CT molecular complexity index is 585. The lowest BCUT2D eigenvalue weighted by Crippen LogP contribution is -2.14. The van der Waals surface area contributed by atoms with Crippen LogP contribution in [0.1, 0.15) is 10.4 Å². The molecule has 4 N–H and O–H groups in total. The third-order valence-corrected chi connectivity index (χ3v) is 2.65. The van der Waals surface area contributed by atoms with E-state index in [0.29, 0.717) is 24.7 Å². The molecule has 1 amide bonds. The largest absolute Gasteiger partial charge is 0.490 e. The highest BCUT2D eigenvalue weighted by Gasteiger charge is 2.07. The summed E-state index contributed by atoms with van der Waals surface area (Å²) >= 11 is 0. The highest BCUT2D eigenvalue weighted by molar-refractivity contribution is 5.98. The number of carbonyl (C=O) groups is 1.